The highest BCUT2D eigenvalue weighted by Crippen LogP contribution is 2.30. The number of nitro benzene ring substituents is 1. The van der Waals surface area contributed by atoms with E-state index >= 15 is 0 Å². The van der Waals surface area contributed by atoms with Crippen LogP contribution in [0.25, 0.3) is 11.4 Å². The summed E-state index contributed by atoms with van der Waals surface area (Å²) in [4.78, 5) is 16.9. The van der Waals surface area contributed by atoms with Crippen molar-refractivity contribution in [3.63, 3.8) is 0 Å². The van der Waals surface area contributed by atoms with Crippen LogP contribution >= 0.6 is 11.6 Å². The maximum absolute atomic E-state index is 10.7. The van der Waals surface area contributed by atoms with Crippen molar-refractivity contribution in [3.05, 3.63) is 69.1 Å². The molecule has 2 aromatic carbocycles. The van der Waals surface area contributed by atoms with Crippen molar-refractivity contribution < 1.29 is 9.45 Å². The van der Waals surface area contributed by atoms with E-state index in [1.54, 1.807) is 12.1 Å². The molecule has 1 aliphatic heterocycles. The molecule has 0 radical (unpaired) electrons. The summed E-state index contributed by atoms with van der Waals surface area (Å²) in [6.07, 6.45) is 2.04. The molecule has 2 heterocycles. The molecule has 0 bridgehead atoms. The van der Waals surface area contributed by atoms with E-state index in [0.717, 1.165) is 30.1 Å². The number of anilines is 1. The van der Waals surface area contributed by atoms with Gasteiger partial charge in [0.05, 0.1) is 11.5 Å². The maximum Gasteiger partial charge on any atom is 0.269 e. The predicted molar refractivity (Wildman–Crippen MR) is 97.2 cm³/mol. The first-order valence-corrected chi connectivity index (χ1v) is 8.59. The highest BCUT2D eigenvalue weighted by Gasteiger charge is 2.20. The zero-order chi connectivity index (χ0) is 18.1. The lowest BCUT2D eigenvalue weighted by atomic mass is 10.0. The second-order valence-corrected chi connectivity index (χ2v) is 6.55. The fourth-order valence-electron chi connectivity index (χ4n) is 3.14. The van der Waals surface area contributed by atoms with E-state index < -0.39 is 4.92 Å². The number of aryl methyl sites for hydroxylation is 1. The van der Waals surface area contributed by atoms with Crippen molar-refractivity contribution in [1.29, 1.82) is 0 Å². The summed E-state index contributed by atoms with van der Waals surface area (Å²) in [5.74, 6) is 0.921. The molecule has 3 aromatic rings. The number of fused-ring (bicyclic) bond motifs is 1. The van der Waals surface area contributed by atoms with Gasteiger partial charge in [-0.25, -0.2) is 0 Å². The number of nitro groups is 1. The summed E-state index contributed by atoms with van der Waals surface area (Å²) < 4.78 is 5.38. The quantitative estimate of drug-likeness (QED) is 0.504. The number of aromatic nitrogens is 2. The third-order valence-corrected chi connectivity index (χ3v) is 4.62. The molecule has 0 aliphatic carbocycles. The zero-order valence-corrected chi connectivity index (χ0v) is 14.5. The minimum absolute atomic E-state index is 0.0288. The van der Waals surface area contributed by atoms with Crippen molar-refractivity contribution in [3.8, 4) is 11.4 Å². The predicted octanol–water partition coefficient (Wildman–Crippen LogP) is 4.25. The first-order chi connectivity index (χ1) is 12.6. The fourth-order valence-corrected chi connectivity index (χ4v) is 3.33. The highest BCUT2D eigenvalue weighted by molar-refractivity contribution is 6.30. The highest BCUT2D eigenvalue weighted by atomic mass is 35.5. The van der Waals surface area contributed by atoms with E-state index in [1.165, 1.54) is 17.7 Å². The van der Waals surface area contributed by atoms with Crippen molar-refractivity contribution >= 4 is 23.0 Å². The number of benzene rings is 2. The lowest BCUT2D eigenvalue weighted by Gasteiger charge is -2.30. The summed E-state index contributed by atoms with van der Waals surface area (Å²) in [5, 5.41) is 15.5. The molecule has 7 nitrogen and oxygen atoms in total. The van der Waals surface area contributed by atoms with Crippen LogP contribution in [0.1, 0.15) is 17.9 Å². The van der Waals surface area contributed by atoms with E-state index in [4.69, 9.17) is 16.1 Å². The second kappa shape index (κ2) is 6.76. The van der Waals surface area contributed by atoms with Gasteiger partial charge in [-0.2, -0.15) is 4.98 Å². The smallest absolute Gasteiger partial charge is 0.269 e. The Morgan fingerprint density at radius 1 is 1.23 bits per heavy atom. The number of hydrogen-bond donors (Lipinski definition) is 0. The van der Waals surface area contributed by atoms with Crippen LogP contribution in [0.15, 0.2) is 47.0 Å². The summed E-state index contributed by atoms with van der Waals surface area (Å²) in [6.45, 7) is 1.42. The molecule has 0 fully saturated rings. The van der Waals surface area contributed by atoms with Gasteiger partial charge in [-0.15, -0.1) is 0 Å². The SMILES string of the molecule is O=[N+]([O-])c1ccc(-c2noc(CN3CCCc4cc(Cl)ccc43)n2)cc1. The molecule has 132 valence electrons. The molecule has 0 saturated carbocycles. The van der Waals surface area contributed by atoms with Crippen molar-refractivity contribution in [1.82, 2.24) is 10.1 Å². The number of halogens is 1. The molecule has 0 amide bonds. The molecular formula is C18H15ClN4O3. The topological polar surface area (TPSA) is 85.3 Å². The fraction of sp³-hybridized carbons (Fsp3) is 0.222. The second-order valence-electron chi connectivity index (χ2n) is 6.11. The van der Waals surface area contributed by atoms with E-state index in [2.05, 4.69) is 15.0 Å². The normalized spacial score (nSPS) is 13.5. The first kappa shape index (κ1) is 16.5. The number of non-ortho nitro benzene ring substituents is 1. The Hall–Kier alpha value is -2.93. The van der Waals surface area contributed by atoms with Gasteiger partial charge in [0.25, 0.3) is 5.69 Å². The van der Waals surface area contributed by atoms with Gasteiger partial charge in [0.2, 0.25) is 11.7 Å². The maximum atomic E-state index is 10.7. The lowest BCUT2D eigenvalue weighted by Crippen LogP contribution is -2.28. The molecule has 1 aromatic heterocycles. The van der Waals surface area contributed by atoms with Crippen molar-refractivity contribution in [2.45, 2.75) is 19.4 Å². The standard InChI is InChI=1S/C18H15ClN4O3/c19-14-5-8-16-13(10-14)2-1-9-22(16)11-17-20-18(21-26-17)12-3-6-15(7-4-12)23(24)25/h3-8,10H,1-2,9,11H2. The molecule has 26 heavy (non-hydrogen) atoms. The largest absolute Gasteiger partial charge is 0.362 e. The number of nitrogens with zero attached hydrogens (tertiary/aromatic N) is 4. The van der Waals surface area contributed by atoms with Crippen LogP contribution in [0, 0.1) is 10.1 Å². The van der Waals surface area contributed by atoms with E-state index in [-0.39, 0.29) is 5.69 Å². The average Bonchev–Trinajstić information content (AvgIpc) is 3.10. The number of rotatable bonds is 4. The number of hydrogen-bond acceptors (Lipinski definition) is 6. The van der Waals surface area contributed by atoms with Gasteiger partial charge in [0.15, 0.2) is 0 Å². The summed E-state index contributed by atoms with van der Waals surface area (Å²) in [5.41, 5.74) is 3.06. The Bertz CT molecular complexity index is 955. The summed E-state index contributed by atoms with van der Waals surface area (Å²) in [6, 6.07) is 12.0. The van der Waals surface area contributed by atoms with Gasteiger partial charge in [0.1, 0.15) is 0 Å². The van der Waals surface area contributed by atoms with Gasteiger partial charge in [-0.1, -0.05) is 16.8 Å². The summed E-state index contributed by atoms with van der Waals surface area (Å²) in [7, 11) is 0. The average molecular weight is 371 g/mol. The molecule has 0 saturated heterocycles. The molecule has 0 spiro atoms. The molecule has 8 heteroatoms. The van der Waals surface area contributed by atoms with Gasteiger partial charge in [-0.05, 0) is 48.7 Å². The molecule has 0 N–H and O–H groups in total. The van der Waals surface area contributed by atoms with Crippen molar-refractivity contribution in [2.24, 2.45) is 0 Å². The van der Waals surface area contributed by atoms with E-state index in [1.807, 2.05) is 18.2 Å². The Labute approximate surface area is 154 Å². The lowest BCUT2D eigenvalue weighted by molar-refractivity contribution is -0.384. The third kappa shape index (κ3) is 3.25. The Morgan fingerprint density at radius 3 is 2.81 bits per heavy atom. The Balaban J connectivity index is 1.53. The Morgan fingerprint density at radius 2 is 2.04 bits per heavy atom. The minimum atomic E-state index is -0.439. The molecule has 0 unspecified atom stereocenters. The molecular weight excluding hydrogens is 356 g/mol. The van der Waals surface area contributed by atoms with Gasteiger partial charge in [-0.3, -0.25) is 10.1 Å². The molecule has 1 aliphatic rings. The van der Waals surface area contributed by atoms with Crippen LogP contribution in [-0.4, -0.2) is 21.6 Å². The van der Waals surface area contributed by atoms with Gasteiger partial charge < -0.3 is 9.42 Å². The van der Waals surface area contributed by atoms with Crippen LogP contribution in [-0.2, 0) is 13.0 Å². The first-order valence-electron chi connectivity index (χ1n) is 8.21. The molecule has 0 atom stereocenters. The van der Waals surface area contributed by atoms with Crippen molar-refractivity contribution in [2.75, 3.05) is 11.4 Å². The van der Waals surface area contributed by atoms with E-state index in [0.29, 0.717) is 23.8 Å². The third-order valence-electron chi connectivity index (χ3n) is 4.39. The van der Waals surface area contributed by atoms with Crippen LogP contribution in [0.3, 0.4) is 0 Å². The Kier molecular flexibility index (Phi) is 4.30. The van der Waals surface area contributed by atoms with Gasteiger partial charge >= 0.3 is 0 Å². The summed E-state index contributed by atoms with van der Waals surface area (Å²) >= 11 is 6.08. The zero-order valence-electron chi connectivity index (χ0n) is 13.8. The monoisotopic (exact) mass is 370 g/mol. The van der Waals surface area contributed by atoms with Crippen LogP contribution in [0.2, 0.25) is 5.02 Å². The minimum Gasteiger partial charge on any atom is -0.362 e. The van der Waals surface area contributed by atoms with Crippen LogP contribution < -0.4 is 4.90 Å². The van der Waals surface area contributed by atoms with E-state index in [9.17, 15) is 10.1 Å². The van der Waals surface area contributed by atoms with Crippen LogP contribution in [0.4, 0.5) is 11.4 Å². The molecule has 4 rings (SSSR count). The van der Waals surface area contributed by atoms with Gasteiger partial charge in [0, 0.05) is 35.0 Å². The van der Waals surface area contributed by atoms with Crippen LogP contribution in [0.5, 0.6) is 0 Å².